The molecule has 6 nitrogen and oxygen atoms in total. The highest BCUT2D eigenvalue weighted by Crippen LogP contribution is 2.14. The van der Waals surface area contributed by atoms with Crippen LogP contribution in [0.5, 0.6) is 0 Å². The fourth-order valence-electron chi connectivity index (χ4n) is 1.18. The Morgan fingerprint density at radius 1 is 1.50 bits per heavy atom. The number of amides is 1. The zero-order valence-corrected chi connectivity index (χ0v) is 11.7. The predicted octanol–water partition coefficient (Wildman–Crippen LogP) is 0.965. The number of rotatable bonds is 6. The zero-order valence-electron chi connectivity index (χ0n) is 10.9. The number of aromatic nitrogens is 2. The number of nitrogen functional groups attached to an aromatic ring is 1. The van der Waals surface area contributed by atoms with Crippen LogP contribution in [0.3, 0.4) is 0 Å². The molecule has 1 rings (SSSR count). The van der Waals surface area contributed by atoms with Crippen molar-refractivity contribution in [2.24, 2.45) is 5.92 Å². The summed E-state index contributed by atoms with van der Waals surface area (Å²) in [5.41, 5.74) is 5.63. The molecule has 0 atom stereocenters. The monoisotopic (exact) mass is 269 g/mol. The lowest BCUT2D eigenvalue weighted by molar-refractivity contribution is -0.119. The van der Waals surface area contributed by atoms with Crippen LogP contribution in [-0.4, -0.2) is 35.2 Å². The SMILES string of the molecule is CSc1nc(N)cc(NCC(=O)NCC(C)C)n1. The van der Waals surface area contributed by atoms with Crippen LogP contribution in [0.15, 0.2) is 11.2 Å². The molecule has 0 aliphatic carbocycles. The maximum Gasteiger partial charge on any atom is 0.239 e. The van der Waals surface area contributed by atoms with Gasteiger partial charge in [0.1, 0.15) is 11.6 Å². The van der Waals surface area contributed by atoms with Crippen LogP contribution in [-0.2, 0) is 4.79 Å². The normalized spacial score (nSPS) is 10.4. The van der Waals surface area contributed by atoms with E-state index in [0.717, 1.165) is 0 Å². The fraction of sp³-hybridized carbons (Fsp3) is 0.545. The minimum atomic E-state index is -0.0633. The summed E-state index contributed by atoms with van der Waals surface area (Å²) in [6, 6.07) is 1.61. The molecule has 1 aromatic heterocycles. The van der Waals surface area contributed by atoms with Crippen molar-refractivity contribution < 1.29 is 4.79 Å². The Morgan fingerprint density at radius 3 is 2.83 bits per heavy atom. The summed E-state index contributed by atoms with van der Waals surface area (Å²) in [7, 11) is 0. The van der Waals surface area contributed by atoms with Crippen LogP contribution >= 0.6 is 11.8 Å². The smallest absolute Gasteiger partial charge is 0.239 e. The lowest BCUT2D eigenvalue weighted by Gasteiger charge is -2.09. The number of thioether (sulfide) groups is 1. The van der Waals surface area contributed by atoms with E-state index in [1.165, 1.54) is 11.8 Å². The van der Waals surface area contributed by atoms with Gasteiger partial charge in [0, 0.05) is 12.6 Å². The van der Waals surface area contributed by atoms with Crippen molar-refractivity contribution in [1.82, 2.24) is 15.3 Å². The number of anilines is 2. The van der Waals surface area contributed by atoms with Crippen molar-refractivity contribution in [3.8, 4) is 0 Å². The Morgan fingerprint density at radius 2 is 2.22 bits per heavy atom. The van der Waals surface area contributed by atoms with E-state index in [2.05, 4.69) is 20.6 Å². The number of hydrogen-bond donors (Lipinski definition) is 3. The molecule has 18 heavy (non-hydrogen) atoms. The summed E-state index contributed by atoms with van der Waals surface area (Å²) in [6.45, 7) is 4.94. The lowest BCUT2D eigenvalue weighted by atomic mass is 10.2. The molecule has 0 aromatic carbocycles. The van der Waals surface area contributed by atoms with Crippen LogP contribution in [0, 0.1) is 5.92 Å². The molecule has 0 aliphatic rings. The largest absolute Gasteiger partial charge is 0.383 e. The van der Waals surface area contributed by atoms with Crippen molar-refractivity contribution in [1.29, 1.82) is 0 Å². The van der Waals surface area contributed by atoms with Gasteiger partial charge in [-0.1, -0.05) is 25.6 Å². The Labute approximate surface area is 111 Å². The molecule has 0 spiro atoms. The molecule has 7 heteroatoms. The number of nitrogens with one attached hydrogen (secondary N) is 2. The Hall–Kier alpha value is -1.50. The molecule has 1 amide bonds. The molecule has 0 fully saturated rings. The fourth-order valence-corrected chi connectivity index (χ4v) is 1.56. The third kappa shape index (κ3) is 5.22. The van der Waals surface area contributed by atoms with Gasteiger partial charge in [0.2, 0.25) is 5.91 Å². The van der Waals surface area contributed by atoms with Gasteiger partial charge >= 0.3 is 0 Å². The third-order valence-electron chi connectivity index (χ3n) is 2.05. The lowest BCUT2D eigenvalue weighted by Crippen LogP contribution is -2.32. The van der Waals surface area contributed by atoms with Gasteiger partial charge in [-0.15, -0.1) is 0 Å². The van der Waals surface area contributed by atoms with E-state index in [4.69, 9.17) is 5.73 Å². The van der Waals surface area contributed by atoms with Gasteiger partial charge in [0.05, 0.1) is 6.54 Å². The summed E-state index contributed by atoms with van der Waals surface area (Å²) >= 11 is 1.40. The summed E-state index contributed by atoms with van der Waals surface area (Å²) < 4.78 is 0. The van der Waals surface area contributed by atoms with Crippen LogP contribution in [0.1, 0.15) is 13.8 Å². The maximum atomic E-state index is 11.5. The van der Waals surface area contributed by atoms with E-state index < -0.39 is 0 Å². The van der Waals surface area contributed by atoms with Crippen LogP contribution in [0.25, 0.3) is 0 Å². The molecule has 0 saturated carbocycles. The summed E-state index contributed by atoms with van der Waals surface area (Å²) in [5.74, 6) is 1.32. The molecular formula is C11H19N5OS. The third-order valence-corrected chi connectivity index (χ3v) is 2.59. The minimum absolute atomic E-state index is 0.0633. The number of carbonyl (C=O) groups excluding carboxylic acids is 1. The van der Waals surface area contributed by atoms with E-state index >= 15 is 0 Å². The van der Waals surface area contributed by atoms with Crippen molar-refractivity contribution in [3.05, 3.63) is 6.07 Å². The van der Waals surface area contributed by atoms with E-state index in [9.17, 15) is 4.79 Å². The van der Waals surface area contributed by atoms with E-state index in [0.29, 0.717) is 29.3 Å². The molecule has 100 valence electrons. The maximum absolute atomic E-state index is 11.5. The quantitative estimate of drug-likeness (QED) is 0.526. The Balaban J connectivity index is 2.47. The van der Waals surface area contributed by atoms with E-state index in [1.54, 1.807) is 6.07 Å². The standard InChI is InChI=1S/C11H19N5OS/c1-7(2)5-14-10(17)6-13-9-4-8(12)15-11(16-9)18-3/h4,7H,5-6H2,1-3H3,(H,14,17)(H3,12,13,15,16). The highest BCUT2D eigenvalue weighted by Gasteiger charge is 2.05. The molecule has 0 unspecified atom stereocenters. The summed E-state index contributed by atoms with van der Waals surface area (Å²) in [5, 5.41) is 6.32. The average molecular weight is 269 g/mol. The Kier molecular flexibility index (Phi) is 5.70. The first-order valence-corrected chi connectivity index (χ1v) is 6.93. The van der Waals surface area contributed by atoms with Crippen molar-refractivity contribution in [2.75, 3.05) is 30.4 Å². The number of hydrogen-bond acceptors (Lipinski definition) is 6. The number of carbonyl (C=O) groups is 1. The first-order valence-electron chi connectivity index (χ1n) is 5.70. The predicted molar refractivity (Wildman–Crippen MR) is 74.6 cm³/mol. The van der Waals surface area contributed by atoms with Gasteiger partial charge < -0.3 is 16.4 Å². The molecule has 0 aliphatic heterocycles. The van der Waals surface area contributed by atoms with E-state index in [1.807, 2.05) is 20.1 Å². The second-order valence-corrected chi connectivity index (χ2v) is 4.99. The summed E-state index contributed by atoms with van der Waals surface area (Å²) in [6.07, 6.45) is 1.87. The van der Waals surface area contributed by atoms with Gasteiger partial charge in [-0.3, -0.25) is 4.79 Å². The number of nitrogens with two attached hydrogens (primary N) is 1. The first-order chi connectivity index (χ1) is 8.51. The highest BCUT2D eigenvalue weighted by molar-refractivity contribution is 7.98. The average Bonchev–Trinajstić information content (AvgIpc) is 2.33. The van der Waals surface area contributed by atoms with Gasteiger partial charge in [0.15, 0.2) is 5.16 Å². The van der Waals surface area contributed by atoms with Gasteiger partial charge in [0.25, 0.3) is 0 Å². The highest BCUT2D eigenvalue weighted by atomic mass is 32.2. The zero-order chi connectivity index (χ0) is 13.5. The molecular weight excluding hydrogens is 250 g/mol. The van der Waals surface area contributed by atoms with Gasteiger partial charge in [-0.2, -0.15) is 0 Å². The first kappa shape index (κ1) is 14.6. The molecule has 0 radical (unpaired) electrons. The van der Waals surface area contributed by atoms with Crippen molar-refractivity contribution in [3.63, 3.8) is 0 Å². The van der Waals surface area contributed by atoms with Crippen molar-refractivity contribution >= 4 is 29.3 Å². The second-order valence-electron chi connectivity index (χ2n) is 4.22. The molecule has 1 aromatic rings. The molecule has 1 heterocycles. The van der Waals surface area contributed by atoms with Crippen molar-refractivity contribution in [2.45, 2.75) is 19.0 Å². The Bertz CT molecular complexity index is 410. The second kappa shape index (κ2) is 7.05. The van der Waals surface area contributed by atoms with Gasteiger partial charge in [-0.05, 0) is 12.2 Å². The number of nitrogens with zero attached hydrogens (tertiary/aromatic N) is 2. The minimum Gasteiger partial charge on any atom is -0.383 e. The van der Waals surface area contributed by atoms with Crippen LogP contribution in [0.4, 0.5) is 11.6 Å². The molecule has 0 saturated heterocycles. The summed E-state index contributed by atoms with van der Waals surface area (Å²) in [4.78, 5) is 19.7. The van der Waals surface area contributed by atoms with E-state index in [-0.39, 0.29) is 12.5 Å². The van der Waals surface area contributed by atoms with Gasteiger partial charge in [-0.25, -0.2) is 9.97 Å². The van der Waals surface area contributed by atoms with Crippen LogP contribution < -0.4 is 16.4 Å². The topological polar surface area (TPSA) is 92.9 Å². The van der Waals surface area contributed by atoms with Crippen LogP contribution in [0.2, 0.25) is 0 Å². The molecule has 4 N–H and O–H groups in total. The molecule has 0 bridgehead atoms.